The molecule has 0 bridgehead atoms. The van der Waals surface area contributed by atoms with Gasteiger partial charge in [-0.1, -0.05) is 15.5 Å². The Labute approximate surface area is 203 Å². The minimum Gasteiger partial charge on any atom is -0.390 e. The molecule has 5 heterocycles. The minimum atomic E-state index is -0.408. The lowest BCUT2D eigenvalue weighted by Crippen LogP contribution is -2.31. The van der Waals surface area contributed by atoms with Crippen LogP contribution in [0.25, 0.3) is 0 Å². The van der Waals surface area contributed by atoms with E-state index in [1.165, 1.54) is 0 Å². The molecule has 0 saturated heterocycles. The molecule has 0 amide bonds. The number of halogens is 2. The zero-order valence-corrected chi connectivity index (χ0v) is 21.2. The maximum atomic E-state index is 6.61. The molecule has 3 aromatic rings. The van der Waals surface area contributed by atoms with Crippen molar-refractivity contribution in [3.63, 3.8) is 0 Å². The van der Waals surface area contributed by atoms with Gasteiger partial charge in [0, 0.05) is 12.8 Å². The monoisotopic (exact) mass is 584 g/mol. The number of aryl methyl sites for hydroxylation is 1. The summed E-state index contributed by atoms with van der Waals surface area (Å²) in [6.45, 7) is 2.42. The highest BCUT2D eigenvalue weighted by Crippen LogP contribution is 2.32. The summed E-state index contributed by atoms with van der Waals surface area (Å²) in [4.78, 5) is 13.6. The molecule has 31 heavy (non-hydrogen) atoms. The van der Waals surface area contributed by atoms with Crippen molar-refractivity contribution in [2.45, 2.75) is 44.6 Å². The molecule has 2 N–H and O–H groups in total. The van der Waals surface area contributed by atoms with Crippen molar-refractivity contribution in [2.75, 3.05) is 0 Å². The Hall–Kier alpha value is -1.60. The molecule has 0 spiro atoms. The van der Waals surface area contributed by atoms with Crippen LogP contribution in [0.1, 0.15) is 40.0 Å². The third-order valence-corrected chi connectivity index (χ3v) is 8.53. The Morgan fingerprint density at radius 3 is 2.35 bits per heavy atom. The largest absolute Gasteiger partial charge is 0.390 e. The zero-order valence-electron chi connectivity index (χ0n) is 16.4. The summed E-state index contributed by atoms with van der Waals surface area (Å²) in [6, 6.07) is 7.69. The number of hydrogen-bond acceptors (Lipinski definition) is 9. The SMILES string of the molecule is Cc1nnn(CC2CC(c3ccc(Br)s3)=NO2)c1C(N)C1CC(c2ccc(Br)s2)=NO1. The molecule has 8 nitrogen and oxygen atoms in total. The lowest BCUT2D eigenvalue weighted by molar-refractivity contribution is 0.0558. The van der Waals surface area contributed by atoms with Crippen LogP contribution < -0.4 is 5.73 Å². The van der Waals surface area contributed by atoms with Crippen molar-refractivity contribution in [2.24, 2.45) is 16.0 Å². The first-order valence-corrected chi connectivity index (χ1v) is 12.8. The van der Waals surface area contributed by atoms with Crippen LogP contribution in [-0.4, -0.2) is 38.6 Å². The van der Waals surface area contributed by atoms with E-state index in [1.54, 1.807) is 22.7 Å². The van der Waals surface area contributed by atoms with Crippen LogP contribution in [0.2, 0.25) is 0 Å². The predicted molar refractivity (Wildman–Crippen MR) is 128 cm³/mol. The predicted octanol–water partition coefficient (Wildman–Crippen LogP) is 4.62. The molecule has 3 aromatic heterocycles. The van der Waals surface area contributed by atoms with Crippen molar-refractivity contribution < 1.29 is 9.68 Å². The highest BCUT2D eigenvalue weighted by Gasteiger charge is 2.34. The number of hydrogen-bond donors (Lipinski definition) is 1. The second-order valence-corrected chi connectivity index (χ2v) is 12.3. The number of thiophene rings is 2. The van der Waals surface area contributed by atoms with E-state index in [2.05, 4.69) is 52.5 Å². The van der Waals surface area contributed by atoms with Gasteiger partial charge in [0.1, 0.15) is 11.4 Å². The Bertz CT molecular complexity index is 1170. The smallest absolute Gasteiger partial charge is 0.154 e. The summed E-state index contributed by atoms with van der Waals surface area (Å²) in [5, 5.41) is 17.1. The highest BCUT2D eigenvalue weighted by molar-refractivity contribution is 9.11. The summed E-state index contributed by atoms with van der Waals surface area (Å²) in [7, 11) is 0. The molecule has 12 heteroatoms. The van der Waals surface area contributed by atoms with Gasteiger partial charge in [0.2, 0.25) is 0 Å². The van der Waals surface area contributed by atoms with Gasteiger partial charge in [0.15, 0.2) is 12.2 Å². The molecule has 0 radical (unpaired) electrons. The molecule has 0 aliphatic carbocycles. The van der Waals surface area contributed by atoms with Crippen molar-refractivity contribution in [1.29, 1.82) is 0 Å². The second kappa shape index (κ2) is 8.74. The quantitative estimate of drug-likeness (QED) is 0.455. The first kappa shape index (κ1) is 21.3. The Morgan fingerprint density at radius 1 is 1.06 bits per heavy atom. The molecule has 5 rings (SSSR count). The fourth-order valence-electron chi connectivity index (χ4n) is 3.67. The standard InChI is InChI=1S/C19H18Br2N6O2S2/c1-9-19(18(22)13-7-12(25-29-13)15-3-5-17(21)31-15)27(26-23-9)8-10-6-11(24-28-10)14-2-4-16(20)30-14/h2-5,10,13,18H,6-8,22H2,1H3. The molecule has 2 aliphatic rings. The van der Waals surface area contributed by atoms with E-state index in [4.69, 9.17) is 15.4 Å². The van der Waals surface area contributed by atoms with E-state index in [-0.39, 0.29) is 12.2 Å². The van der Waals surface area contributed by atoms with E-state index in [0.29, 0.717) is 19.4 Å². The van der Waals surface area contributed by atoms with Crippen LogP contribution >= 0.6 is 54.5 Å². The van der Waals surface area contributed by atoms with Gasteiger partial charge in [-0.05, 0) is 63.0 Å². The molecule has 162 valence electrons. The van der Waals surface area contributed by atoms with Gasteiger partial charge in [0.05, 0.1) is 41.3 Å². The minimum absolute atomic E-state index is 0.122. The van der Waals surface area contributed by atoms with Gasteiger partial charge in [-0.15, -0.1) is 27.8 Å². The second-order valence-electron chi connectivity index (χ2n) is 7.33. The number of nitrogens with zero attached hydrogens (tertiary/aromatic N) is 5. The molecule has 0 aromatic carbocycles. The third kappa shape index (κ3) is 4.36. The van der Waals surface area contributed by atoms with E-state index >= 15 is 0 Å². The first-order valence-electron chi connectivity index (χ1n) is 9.60. The van der Waals surface area contributed by atoms with Gasteiger partial charge in [-0.2, -0.15) is 0 Å². The Kier molecular flexibility index (Phi) is 5.99. The van der Waals surface area contributed by atoms with E-state index < -0.39 is 6.04 Å². The van der Waals surface area contributed by atoms with Gasteiger partial charge < -0.3 is 15.4 Å². The van der Waals surface area contributed by atoms with Crippen LogP contribution in [0.4, 0.5) is 0 Å². The summed E-state index contributed by atoms with van der Waals surface area (Å²) in [6.07, 6.45) is 0.953. The normalized spacial score (nSPS) is 21.5. The lowest BCUT2D eigenvalue weighted by Gasteiger charge is -2.20. The van der Waals surface area contributed by atoms with Crippen molar-refractivity contribution in [3.05, 3.63) is 53.0 Å². The van der Waals surface area contributed by atoms with Gasteiger partial charge >= 0.3 is 0 Å². The summed E-state index contributed by atoms with van der Waals surface area (Å²) in [5.74, 6) is 0. The lowest BCUT2D eigenvalue weighted by atomic mass is 10.0. The molecule has 2 aliphatic heterocycles. The topological polar surface area (TPSA) is 99.9 Å². The summed E-state index contributed by atoms with van der Waals surface area (Å²) < 4.78 is 3.95. The molecule has 3 atom stereocenters. The molecular weight excluding hydrogens is 568 g/mol. The fourth-order valence-corrected chi connectivity index (χ4v) is 6.42. The number of nitrogens with two attached hydrogens (primary N) is 1. The molecular formula is C19H18Br2N6O2S2. The van der Waals surface area contributed by atoms with Gasteiger partial charge in [-0.25, -0.2) is 4.68 Å². The number of rotatable bonds is 6. The number of oxime groups is 2. The van der Waals surface area contributed by atoms with Crippen LogP contribution in [0, 0.1) is 6.92 Å². The maximum Gasteiger partial charge on any atom is 0.154 e. The van der Waals surface area contributed by atoms with Crippen LogP contribution in [0.15, 0.2) is 42.1 Å². The summed E-state index contributed by atoms with van der Waals surface area (Å²) in [5.41, 5.74) is 10.1. The number of aromatic nitrogens is 3. The van der Waals surface area contributed by atoms with Crippen LogP contribution in [0.3, 0.4) is 0 Å². The van der Waals surface area contributed by atoms with Crippen LogP contribution in [-0.2, 0) is 16.2 Å². The fraction of sp³-hybridized carbons (Fsp3) is 0.368. The highest BCUT2D eigenvalue weighted by atomic mass is 79.9. The maximum absolute atomic E-state index is 6.61. The van der Waals surface area contributed by atoms with Crippen molar-refractivity contribution in [3.8, 4) is 0 Å². The Morgan fingerprint density at radius 2 is 1.71 bits per heavy atom. The van der Waals surface area contributed by atoms with Crippen molar-refractivity contribution >= 4 is 66.0 Å². The average molecular weight is 586 g/mol. The average Bonchev–Trinajstić information content (AvgIpc) is 3.53. The molecule has 0 saturated carbocycles. The van der Waals surface area contributed by atoms with Crippen molar-refractivity contribution in [1.82, 2.24) is 15.0 Å². The summed E-state index contributed by atoms with van der Waals surface area (Å²) >= 11 is 10.3. The molecule has 0 fully saturated rings. The zero-order chi connectivity index (χ0) is 21.5. The van der Waals surface area contributed by atoms with Gasteiger partial charge in [-0.3, -0.25) is 0 Å². The third-order valence-electron chi connectivity index (χ3n) is 5.19. The van der Waals surface area contributed by atoms with Gasteiger partial charge in [0.25, 0.3) is 0 Å². The Balaban J connectivity index is 1.26. The van der Waals surface area contributed by atoms with Crippen LogP contribution in [0.5, 0.6) is 0 Å². The van der Waals surface area contributed by atoms with E-state index in [9.17, 15) is 0 Å². The first-order chi connectivity index (χ1) is 15.0. The van der Waals surface area contributed by atoms with E-state index in [0.717, 1.165) is 40.1 Å². The van der Waals surface area contributed by atoms with E-state index in [1.807, 2.05) is 35.9 Å². The molecule has 3 unspecified atom stereocenters.